The standard InChI is InChI=1S/C18H25F3N4O/c1-6-7-24(10-18(19,20)21)17(26)13-8-15(11(2)3)23-16-14(13)9-22-25(16)12(4)5/h8-9,11-12H,6-7,10H2,1-5H3. The van der Waals surface area contributed by atoms with Crippen molar-refractivity contribution in [2.45, 2.75) is 59.2 Å². The van der Waals surface area contributed by atoms with Crippen LogP contribution < -0.4 is 0 Å². The summed E-state index contributed by atoms with van der Waals surface area (Å²) in [6.45, 7) is 8.25. The molecule has 0 aliphatic rings. The fourth-order valence-electron chi connectivity index (χ4n) is 2.80. The maximum absolute atomic E-state index is 12.9. The summed E-state index contributed by atoms with van der Waals surface area (Å²) in [5.74, 6) is -0.606. The number of nitrogens with zero attached hydrogens (tertiary/aromatic N) is 4. The van der Waals surface area contributed by atoms with Crippen LogP contribution in [0, 0.1) is 0 Å². The van der Waals surface area contributed by atoms with Crippen LogP contribution in [0.15, 0.2) is 12.3 Å². The van der Waals surface area contributed by atoms with E-state index in [1.54, 1.807) is 17.7 Å². The molecule has 1 amide bonds. The molecule has 0 atom stereocenters. The average molecular weight is 370 g/mol. The maximum Gasteiger partial charge on any atom is 0.406 e. The average Bonchev–Trinajstić information content (AvgIpc) is 2.95. The topological polar surface area (TPSA) is 51.0 Å². The van der Waals surface area contributed by atoms with Crippen molar-refractivity contribution in [3.63, 3.8) is 0 Å². The van der Waals surface area contributed by atoms with Crippen molar-refractivity contribution >= 4 is 16.9 Å². The highest BCUT2D eigenvalue weighted by Crippen LogP contribution is 2.26. The monoisotopic (exact) mass is 370 g/mol. The number of aromatic nitrogens is 3. The Morgan fingerprint density at radius 1 is 1.27 bits per heavy atom. The molecule has 0 aliphatic heterocycles. The number of hydrogen-bond acceptors (Lipinski definition) is 3. The van der Waals surface area contributed by atoms with Crippen LogP contribution in [0.3, 0.4) is 0 Å². The first-order valence-corrected chi connectivity index (χ1v) is 8.79. The van der Waals surface area contributed by atoms with E-state index in [2.05, 4.69) is 10.1 Å². The van der Waals surface area contributed by atoms with E-state index >= 15 is 0 Å². The molecule has 26 heavy (non-hydrogen) atoms. The van der Waals surface area contributed by atoms with Gasteiger partial charge in [-0.15, -0.1) is 0 Å². The number of rotatable bonds is 6. The van der Waals surface area contributed by atoms with Gasteiger partial charge in [0.2, 0.25) is 0 Å². The molecule has 2 aromatic rings. The Morgan fingerprint density at radius 3 is 2.42 bits per heavy atom. The van der Waals surface area contributed by atoms with E-state index in [1.807, 2.05) is 27.7 Å². The van der Waals surface area contributed by atoms with Gasteiger partial charge in [0.05, 0.1) is 17.1 Å². The van der Waals surface area contributed by atoms with E-state index in [1.165, 1.54) is 6.20 Å². The van der Waals surface area contributed by atoms with Gasteiger partial charge in [-0.2, -0.15) is 18.3 Å². The number of amides is 1. The number of carbonyl (C=O) groups excluding carboxylic acids is 1. The molecule has 2 aromatic heterocycles. The van der Waals surface area contributed by atoms with Gasteiger partial charge in [-0.05, 0) is 32.3 Å². The van der Waals surface area contributed by atoms with Crippen LogP contribution in [0.1, 0.15) is 69.1 Å². The van der Waals surface area contributed by atoms with E-state index in [0.29, 0.717) is 23.1 Å². The van der Waals surface area contributed by atoms with Gasteiger partial charge in [-0.25, -0.2) is 9.67 Å². The van der Waals surface area contributed by atoms with Gasteiger partial charge in [-0.1, -0.05) is 20.8 Å². The molecule has 2 heterocycles. The summed E-state index contributed by atoms with van der Waals surface area (Å²) >= 11 is 0. The highest BCUT2D eigenvalue weighted by atomic mass is 19.4. The Balaban J connectivity index is 2.60. The molecule has 144 valence electrons. The Labute approximate surface area is 151 Å². The van der Waals surface area contributed by atoms with Crippen molar-refractivity contribution in [3.05, 3.63) is 23.5 Å². The highest BCUT2D eigenvalue weighted by Gasteiger charge is 2.34. The van der Waals surface area contributed by atoms with Gasteiger partial charge in [-0.3, -0.25) is 4.79 Å². The molecule has 0 aliphatic carbocycles. The van der Waals surface area contributed by atoms with Crippen LogP contribution in [0.2, 0.25) is 0 Å². The summed E-state index contributed by atoms with van der Waals surface area (Å²) in [6, 6.07) is 1.62. The largest absolute Gasteiger partial charge is 0.406 e. The van der Waals surface area contributed by atoms with Crippen LogP contribution in [-0.2, 0) is 0 Å². The third-order valence-electron chi connectivity index (χ3n) is 4.05. The summed E-state index contributed by atoms with van der Waals surface area (Å²) in [5.41, 5.74) is 1.41. The normalized spacial score (nSPS) is 12.4. The van der Waals surface area contributed by atoms with E-state index in [0.717, 1.165) is 4.90 Å². The molecule has 0 saturated carbocycles. The van der Waals surface area contributed by atoms with Crippen LogP contribution in [0.4, 0.5) is 13.2 Å². The highest BCUT2D eigenvalue weighted by molar-refractivity contribution is 6.05. The van der Waals surface area contributed by atoms with E-state index < -0.39 is 18.6 Å². The number of hydrogen-bond donors (Lipinski definition) is 0. The molecule has 0 radical (unpaired) electrons. The van der Waals surface area contributed by atoms with Crippen molar-refractivity contribution in [2.75, 3.05) is 13.1 Å². The molecule has 0 unspecified atom stereocenters. The lowest BCUT2D eigenvalue weighted by Crippen LogP contribution is -2.39. The number of fused-ring (bicyclic) bond motifs is 1. The number of carbonyl (C=O) groups is 1. The zero-order valence-electron chi connectivity index (χ0n) is 15.8. The molecular formula is C18H25F3N4O. The van der Waals surface area contributed by atoms with Crippen molar-refractivity contribution in [2.24, 2.45) is 0 Å². The molecule has 0 spiro atoms. The lowest BCUT2D eigenvalue weighted by molar-refractivity contribution is -0.140. The van der Waals surface area contributed by atoms with Crippen LogP contribution >= 0.6 is 0 Å². The maximum atomic E-state index is 12.9. The third-order valence-corrected chi connectivity index (χ3v) is 4.05. The second-order valence-corrected chi connectivity index (χ2v) is 7.01. The van der Waals surface area contributed by atoms with Crippen molar-refractivity contribution < 1.29 is 18.0 Å². The predicted octanol–water partition coefficient (Wildman–Crippen LogP) is 4.55. The summed E-state index contributed by atoms with van der Waals surface area (Å²) in [5, 5.41) is 4.76. The predicted molar refractivity (Wildman–Crippen MR) is 94.3 cm³/mol. The first-order chi connectivity index (χ1) is 12.0. The van der Waals surface area contributed by atoms with Crippen molar-refractivity contribution in [1.82, 2.24) is 19.7 Å². The van der Waals surface area contributed by atoms with Gasteiger partial charge in [0.25, 0.3) is 5.91 Å². The zero-order chi connectivity index (χ0) is 19.6. The number of pyridine rings is 1. The molecule has 0 bridgehead atoms. The SMILES string of the molecule is CCCN(CC(F)(F)F)C(=O)c1cc(C(C)C)nc2c1cnn2C(C)C. The molecule has 0 fully saturated rings. The smallest absolute Gasteiger partial charge is 0.330 e. The van der Waals surface area contributed by atoms with Crippen LogP contribution in [-0.4, -0.2) is 44.8 Å². The minimum Gasteiger partial charge on any atom is -0.330 e. The minimum atomic E-state index is -4.44. The van der Waals surface area contributed by atoms with Crippen molar-refractivity contribution in [3.8, 4) is 0 Å². The fraction of sp³-hybridized carbons (Fsp3) is 0.611. The fourth-order valence-corrected chi connectivity index (χ4v) is 2.80. The van der Waals surface area contributed by atoms with Gasteiger partial charge < -0.3 is 4.90 Å². The lowest BCUT2D eigenvalue weighted by Gasteiger charge is -2.24. The Morgan fingerprint density at radius 2 is 1.92 bits per heavy atom. The molecule has 0 saturated heterocycles. The second kappa shape index (κ2) is 7.63. The summed E-state index contributed by atoms with van der Waals surface area (Å²) in [4.78, 5) is 18.4. The summed E-state index contributed by atoms with van der Waals surface area (Å²) < 4.78 is 40.4. The molecule has 8 heteroatoms. The number of alkyl halides is 3. The molecule has 0 aromatic carbocycles. The first kappa shape index (κ1) is 20.2. The zero-order valence-corrected chi connectivity index (χ0v) is 15.8. The van der Waals surface area contributed by atoms with E-state index in [-0.39, 0.29) is 24.1 Å². The molecule has 2 rings (SSSR count). The third kappa shape index (κ3) is 4.34. The lowest BCUT2D eigenvalue weighted by atomic mass is 10.0. The van der Waals surface area contributed by atoms with Crippen molar-refractivity contribution in [1.29, 1.82) is 0 Å². The number of halogens is 3. The Kier molecular flexibility index (Phi) is 5.93. The van der Waals surface area contributed by atoms with Crippen LogP contribution in [0.25, 0.3) is 11.0 Å². The van der Waals surface area contributed by atoms with Gasteiger partial charge in [0.1, 0.15) is 6.54 Å². The minimum absolute atomic E-state index is 0.0206. The van der Waals surface area contributed by atoms with Gasteiger partial charge >= 0.3 is 6.18 Å². The second-order valence-electron chi connectivity index (χ2n) is 7.01. The van der Waals surface area contributed by atoms with E-state index in [9.17, 15) is 18.0 Å². The van der Waals surface area contributed by atoms with Gasteiger partial charge in [0.15, 0.2) is 5.65 Å². The van der Waals surface area contributed by atoms with E-state index in [4.69, 9.17) is 0 Å². The quantitative estimate of drug-likeness (QED) is 0.750. The first-order valence-electron chi connectivity index (χ1n) is 8.79. The molecule has 0 N–H and O–H groups in total. The van der Waals surface area contributed by atoms with Crippen LogP contribution in [0.5, 0.6) is 0 Å². The molecule has 5 nitrogen and oxygen atoms in total. The summed E-state index contributed by atoms with van der Waals surface area (Å²) in [6.07, 6.45) is -2.49. The van der Waals surface area contributed by atoms with Gasteiger partial charge in [0, 0.05) is 18.3 Å². The Hall–Kier alpha value is -2.12. The molecular weight excluding hydrogens is 345 g/mol. The summed E-state index contributed by atoms with van der Waals surface area (Å²) in [7, 11) is 0. The Bertz CT molecular complexity index is 781.